The highest BCUT2D eigenvalue weighted by molar-refractivity contribution is 5.92. The van der Waals surface area contributed by atoms with E-state index in [0.29, 0.717) is 48.6 Å². The zero-order valence-electron chi connectivity index (χ0n) is 14.4. The molecule has 1 N–H and O–H groups in total. The van der Waals surface area contributed by atoms with Crippen molar-refractivity contribution in [3.8, 4) is 11.5 Å². The van der Waals surface area contributed by atoms with Crippen LogP contribution in [0.1, 0.15) is 18.4 Å². The van der Waals surface area contributed by atoms with Gasteiger partial charge in [0, 0.05) is 29.9 Å². The summed E-state index contributed by atoms with van der Waals surface area (Å²) in [5.41, 5.74) is 1.28. The molecule has 1 amide bonds. The Morgan fingerprint density at radius 3 is 2.65 bits per heavy atom. The number of carbonyl (C=O) groups is 1. The maximum Gasteiger partial charge on any atom is 0.238 e. The van der Waals surface area contributed by atoms with E-state index >= 15 is 0 Å². The number of fused-ring (bicyclic) bond motifs is 1. The van der Waals surface area contributed by atoms with Gasteiger partial charge < -0.3 is 14.8 Å². The van der Waals surface area contributed by atoms with Gasteiger partial charge in [-0.25, -0.2) is 4.39 Å². The zero-order valence-corrected chi connectivity index (χ0v) is 14.4. The van der Waals surface area contributed by atoms with Crippen molar-refractivity contribution in [3.63, 3.8) is 0 Å². The highest BCUT2D eigenvalue weighted by Crippen LogP contribution is 2.33. The summed E-state index contributed by atoms with van der Waals surface area (Å²) in [7, 11) is 0. The van der Waals surface area contributed by atoms with Crippen molar-refractivity contribution in [2.45, 2.75) is 25.4 Å². The number of ether oxygens (including phenoxy) is 2. The molecule has 1 heterocycles. The number of nitrogens with one attached hydrogen (secondary N) is 1. The number of anilines is 1. The molecule has 2 aromatic carbocycles. The van der Waals surface area contributed by atoms with Crippen molar-refractivity contribution >= 4 is 11.6 Å². The number of hydrogen-bond acceptors (Lipinski definition) is 4. The molecule has 0 atom stereocenters. The first-order valence-corrected chi connectivity index (χ1v) is 8.86. The first kappa shape index (κ1) is 16.8. The topological polar surface area (TPSA) is 50.8 Å². The van der Waals surface area contributed by atoms with Gasteiger partial charge in [0.25, 0.3) is 0 Å². The molecule has 1 aliphatic carbocycles. The lowest BCUT2D eigenvalue weighted by molar-refractivity contribution is -0.117. The smallest absolute Gasteiger partial charge is 0.238 e. The number of hydrogen-bond donors (Lipinski definition) is 1. The molecule has 6 heteroatoms. The Hall–Kier alpha value is -2.60. The number of halogens is 1. The normalized spacial score (nSPS) is 15.8. The van der Waals surface area contributed by atoms with E-state index in [2.05, 4.69) is 5.32 Å². The number of nitrogens with zero attached hydrogens (tertiary/aromatic N) is 1. The fourth-order valence-electron chi connectivity index (χ4n) is 3.11. The molecular formula is C20H21FN2O3. The van der Waals surface area contributed by atoms with Gasteiger partial charge in [-0.3, -0.25) is 9.69 Å². The van der Waals surface area contributed by atoms with Crippen LogP contribution in [0.25, 0.3) is 0 Å². The van der Waals surface area contributed by atoms with Crippen LogP contribution in [0, 0.1) is 5.82 Å². The van der Waals surface area contributed by atoms with Gasteiger partial charge in [-0.1, -0.05) is 18.2 Å². The third-order valence-corrected chi connectivity index (χ3v) is 4.57. The molecule has 5 nitrogen and oxygen atoms in total. The van der Waals surface area contributed by atoms with Crippen molar-refractivity contribution in [3.05, 3.63) is 53.8 Å². The SMILES string of the molecule is O=C(CN(Cc1ccccc1F)C1CC1)Nc1ccc2c(c1)OCCO2. The molecule has 2 aromatic rings. The summed E-state index contributed by atoms with van der Waals surface area (Å²) in [6.45, 7) is 1.70. The Morgan fingerprint density at radius 2 is 1.88 bits per heavy atom. The van der Waals surface area contributed by atoms with Gasteiger partial charge >= 0.3 is 0 Å². The van der Waals surface area contributed by atoms with Gasteiger partial charge in [-0.05, 0) is 31.0 Å². The minimum atomic E-state index is -0.231. The highest BCUT2D eigenvalue weighted by atomic mass is 19.1. The van der Waals surface area contributed by atoms with E-state index in [0.717, 1.165) is 12.8 Å². The summed E-state index contributed by atoms with van der Waals surface area (Å²) in [6, 6.07) is 12.4. The average molecular weight is 356 g/mol. The lowest BCUT2D eigenvalue weighted by Gasteiger charge is -2.22. The molecule has 4 rings (SSSR count). The average Bonchev–Trinajstić information content (AvgIpc) is 3.48. The predicted octanol–water partition coefficient (Wildman–Crippen LogP) is 3.20. The minimum Gasteiger partial charge on any atom is -0.486 e. The Kier molecular flexibility index (Phi) is 4.75. The molecule has 0 bridgehead atoms. The Balaban J connectivity index is 1.40. The first-order chi connectivity index (χ1) is 12.7. The van der Waals surface area contributed by atoms with E-state index in [1.54, 1.807) is 30.3 Å². The molecule has 1 fully saturated rings. The fourth-order valence-corrected chi connectivity index (χ4v) is 3.11. The molecule has 136 valence electrons. The van der Waals surface area contributed by atoms with Crippen LogP contribution in [0.3, 0.4) is 0 Å². The van der Waals surface area contributed by atoms with Gasteiger partial charge in [-0.2, -0.15) is 0 Å². The molecule has 0 radical (unpaired) electrons. The summed E-state index contributed by atoms with van der Waals surface area (Å²) in [6.07, 6.45) is 2.09. The Labute approximate surface area is 151 Å². The molecular weight excluding hydrogens is 335 g/mol. The van der Waals surface area contributed by atoms with Gasteiger partial charge in [0.2, 0.25) is 5.91 Å². The van der Waals surface area contributed by atoms with Gasteiger partial charge in [-0.15, -0.1) is 0 Å². The monoisotopic (exact) mass is 356 g/mol. The van der Waals surface area contributed by atoms with E-state index in [9.17, 15) is 9.18 Å². The maximum atomic E-state index is 13.9. The molecule has 0 spiro atoms. The van der Waals surface area contributed by atoms with E-state index in [1.165, 1.54) is 6.07 Å². The number of carbonyl (C=O) groups excluding carboxylic acids is 1. The second-order valence-electron chi connectivity index (χ2n) is 6.63. The number of benzene rings is 2. The van der Waals surface area contributed by atoms with Crippen LogP contribution in [-0.2, 0) is 11.3 Å². The molecule has 0 saturated heterocycles. The largest absolute Gasteiger partial charge is 0.486 e. The van der Waals surface area contributed by atoms with Crippen LogP contribution in [0.5, 0.6) is 11.5 Å². The molecule has 2 aliphatic rings. The second kappa shape index (κ2) is 7.33. The van der Waals surface area contributed by atoms with Crippen LogP contribution in [0.2, 0.25) is 0 Å². The molecule has 0 unspecified atom stereocenters. The lowest BCUT2D eigenvalue weighted by atomic mass is 10.2. The van der Waals surface area contributed by atoms with Crippen LogP contribution in [-0.4, -0.2) is 36.6 Å². The molecule has 0 aromatic heterocycles. The molecule has 1 aliphatic heterocycles. The lowest BCUT2D eigenvalue weighted by Crippen LogP contribution is -2.34. The highest BCUT2D eigenvalue weighted by Gasteiger charge is 2.30. The maximum absolute atomic E-state index is 13.9. The first-order valence-electron chi connectivity index (χ1n) is 8.86. The summed E-state index contributed by atoms with van der Waals surface area (Å²) < 4.78 is 24.9. The van der Waals surface area contributed by atoms with Crippen molar-refractivity contribution < 1.29 is 18.7 Å². The Morgan fingerprint density at radius 1 is 1.12 bits per heavy atom. The summed E-state index contributed by atoms with van der Waals surface area (Å²) in [5.74, 6) is 0.975. The quantitative estimate of drug-likeness (QED) is 0.864. The van der Waals surface area contributed by atoms with Crippen LogP contribution >= 0.6 is 0 Å². The third kappa shape index (κ3) is 3.96. The van der Waals surface area contributed by atoms with Gasteiger partial charge in [0.05, 0.1) is 6.54 Å². The van der Waals surface area contributed by atoms with E-state index in [4.69, 9.17) is 9.47 Å². The standard InChI is InChI=1S/C20H21FN2O3/c21-17-4-2-1-3-14(17)12-23(16-6-7-16)13-20(24)22-15-5-8-18-19(11-15)26-10-9-25-18/h1-5,8,11,16H,6-7,9-10,12-13H2,(H,22,24). The van der Waals surface area contributed by atoms with E-state index in [1.807, 2.05) is 11.0 Å². The zero-order chi connectivity index (χ0) is 17.9. The summed E-state index contributed by atoms with van der Waals surface area (Å²) in [5, 5.41) is 2.90. The summed E-state index contributed by atoms with van der Waals surface area (Å²) in [4.78, 5) is 14.5. The van der Waals surface area contributed by atoms with Crippen molar-refractivity contribution in [1.82, 2.24) is 4.90 Å². The molecule has 26 heavy (non-hydrogen) atoms. The third-order valence-electron chi connectivity index (χ3n) is 4.57. The van der Waals surface area contributed by atoms with Crippen LogP contribution < -0.4 is 14.8 Å². The van der Waals surface area contributed by atoms with Crippen molar-refractivity contribution in [2.24, 2.45) is 0 Å². The van der Waals surface area contributed by atoms with Crippen molar-refractivity contribution in [2.75, 3.05) is 25.1 Å². The van der Waals surface area contributed by atoms with Gasteiger partial charge in [0.15, 0.2) is 11.5 Å². The van der Waals surface area contributed by atoms with Crippen LogP contribution in [0.4, 0.5) is 10.1 Å². The van der Waals surface area contributed by atoms with E-state index < -0.39 is 0 Å². The Bertz CT molecular complexity index is 807. The molecule has 1 saturated carbocycles. The number of amides is 1. The van der Waals surface area contributed by atoms with Crippen LogP contribution in [0.15, 0.2) is 42.5 Å². The fraction of sp³-hybridized carbons (Fsp3) is 0.350. The van der Waals surface area contributed by atoms with Crippen molar-refractivity contribution in [1.29, 1.82) is 0 Å². The minimum absolute atomic E-state index is 0.120. The second-order valence-corrected chi connectivity index (χ2v) is 6.63. The predicted molar refractivity (Wildman–Crippen MR) is 95.9 cm³/mol. The van der Waals surface area contributed by atoms with E-state index in [-0.39, 0.29) is 18.3 Å². The van der Waals surface area contributed by atoms with Gasteiger partial charge in [0.1, 0.15) is 19.0 Å². The summed E-state index contributed by atoms with van der Waals surface area (Å²) >= 11 is 0. The number of rotatable bonds is 6.